The van der Waals surface area contributed by atoms with Crippen LogP contribution in [0.15, 0.2) is 29.6 Å². The molecule has 112 valence electrons. The van der Waals surface area contributed by atoms with Gasteiger partial charge < -0.3 is 15.2 Å². The fraction of sp³-hybridized carbons (Fsp3) is 0.400. The van der Waals surface area contributed by atoms with Crippen LogP contribution in [0.2, 0.25) is 0 Å². The molecule has 0 saturated carbocycles. The maximum Gasteiger partial charge on any atom is 0.225 e. The summed E-state index contributed by atoms with van der Waals surface area (Å²) in [4.78, 5) is 15.1. The molecule has 1 fully saturated rings. The Labute approximate surface area is 131 Å². The number of aliphatic hydroxyl groups is 1. The standard InChI is InChI=1S/C15H17NO3S2/c17-11(8-16-15(18)10-5-6-19-9-10)12-3-4-14(21-12)13-2-1-7-20-13/h1-4,7,10-11,17H,5-6,8-9H2,(H,16,18)/t10-,11+/m1/s1. The van der Waals surface area contributed by atoms with Crippen LogP contribution in [0.4, 0.5) is 0 Å². The SMILES string of the molecule is O=C(NC[C@H](O)c1ccc(-c2cccs2)s1)[C@@H]1CCOC1. The summed E-state index contributed by atoms with van der Waals surface area (Å²) < 4.78 is 5.19. The van der Waals surface area contributed by atoms with E-state index >= 15 is 0 Å². The van der Waals surface area contributed by atoms with Crippen molar-refractivity contribution in [1.82, 2.24) is 5.32 Å². The van der Waals surface area contributed by atoms with Gasteiger partial charge in [-0.05, 0) is 30.0 Å². The quantitative estimate of drug-likeness (QED) is 0.889. The van der Waals surface area contributed by atoms with Crippen molar-refractivity contribution >= 4 is 28.6 Å². The molecule has 21 heavy (non-hydrogen) atoms. The predicted molar refractivity (Wildman–Crippen MR) is 84.5 cm³/mol. The van der Waals surface area contributed by atoms with E-state index in [1.807, 2.05) is 23.6 Å². The van der Waals surface area contributed by atoms with E-state index in [1.54, 1.807) is 22.7 Å². The molecule has 0 aliphatic carbocycles. The van der Waals surface area contributed by atoms with E-state index in [0.717, 1.165) is 16.2 Å². The number of aliphatic hydroxyl groups excluding tert-OH is 1. The lowest BCUT2D eigenvalue weighted by Crippen LogP contribution is -2.33. The number of hydrogen-bond donors (Lipinski definition) is 2. The average molecular weight is 323 g/mol. The Balaban J connectivity index is 1.55. The maximum atomic E-state index is 11.9. The first-order chi connectivity index (χ1) is 10.2. The van der Waals surface area contributed by atoms with Gasteiger partial charge >= 0.3 is 0 Å². The second-order valence-corrected chi connectivity index (χ2v) is 7.06. The van der Waals surface area contributed by atoms with Crippen LogP contribution < -0.4 is 5.32 Å². The molecular weight excluding hydrogens is 306 g/mol. The second-order valence-electron chi connectivity index (χ2n) is 5.00. The lowest BCUT2D eigenvalue weighted by molar-refractivity contribution is -0.125. The zero-order valence-electron chi connectivity index (χ0n) is 11.5. The summed E-state index contributed by atoms with van der Waals surface area (Å²) in [6, 6.07) is 8.02. The van der Waals surface area contributed by atoms with Gasteiger partial charge in [-0.15, -0.1) is 22.7 Å². The van der Waals surface area contributed by atoms with Crippen LogP contribution in [0, 0.1) is 5.92 Å². The van der Waals surface area contributed by atoms with Crippen LogP contribution in [0.1, 0.15) is 17.4 Å². The maximum absolute atomic E-state index is 11.9. The third kappa shape index (κ3) is 3.52. The van der Waals surface area contributed by atoms with E-state index in [4.69, 9.17) is 4.74 Å². The molecule has 4 nitrogen and oxygen atoms in total. The molecule has 1 amide bonds. The van der Waals surface area contributed by atoms with Gasteiger partial charge in [0.15, 0.2) is 0 Å². The van der Waals surface area contributed by atoms with Crippen molar-refractivity contribution < 1.29 is 14.6 Å². The molecule has 1 aliphatic rings. The fourth-order valence-electron chi connectivity index (χ4n) is 2.27. The van der Waals surface area contributed by atoms with Gasteiger partial charge in [-0.25, -0.2) is 0 Å². The number of nitrogens with one attached hydrogen (secondary N) is 1. The van der Waals surface area contributed by atoms with Crippen LogP contribution in [0.25, 0.3) is 9.75 Å². The van der Waals surface area contributed by atoms with E-state index < -0.39 is 6.10 Å². The number of carbonyl (C=O) groups is 1. The van der Waals surface area contributed by atoms with Crippen LogP contribution in [0.3, 0.4) is 0 Å². The highest BCUT2D eigenvalue weighted by Crippen LogP contribution is 2.33. The molecule has 2 N–H and O–H groups in total. The van der Waals surface area contributed by atoms with Gasteiger partial charge in [0, 0.05) is 27.8 Å². The second kappa shape index (κ2) is 6.70. The number of rotatable bonds is 5. The summed E-state index contributed by atoms with van der Waals surface area (Å²) in [5, 5.41) is 15.0. The molecule has 0 bridgehead atoms. The lowest BCUT2D eigenvalue weighted by atomic mass is 10.1. The van der Waals surface area contributed by atoms with Gasteiger partial charge in [-0.1, -0.05) is 6.07 Å². The smallest absolute Gasteiger partial charge is 0.225 e. The van der Waals surface area contributed by atoms with Gasteiger partial charge in [0.2, 0.25) is 5.91 Å². The molecule has 2 aromatic heterocycles. The van der Waals surface area contributed by atoms with Crippen LogP contribution in [-0.2, 0) is 9.53 Å². The predicted octanol–water partition coefficient (Wildman–Crippen LogP) is 2.66. The Hall–Kier alpha value is -1.21. The minimum absolute atomic E-state index is 0.0263. The van der Waals surface area contributed by atoms with Crippen LogP contribution >= 0.6 is 22.7 Å². The first-order valence-electron chi connectivity index (χ1n) is 6.91. The third-order valence-corrected chi connectivity index (χ3v) is 5.74. The highest BCUT2D eigenvalue weighted by molar-refractivity contribution is 7.21. The van der Waals surface area contributed by atoms with Gasteiger partial charge in [0.25, 0.3) is 0 Å². The third-order valence-electron chi connectivity index (χ3n) is 3.49. The van der Waals surface area contributed by atoms with Gasteiger partial charge in [-0.3, -0.25) is 4.79 Å². The molecule has 1 saturated heterocycles. The summed E-state index contributed by atoms with van der Waals surface area (Å²) in [7, 11) is 0. The summed E-state index contributed by atoms with van der Waals surface area (Å²) in [6.45, 7) is 1.39. The zero-order valence-corrected chi connectivity index (χ0v) is 13.1. The largest absolute Gasteiger partial charge is 0.386 e. The monoisotopic (exact) mass is 323 g/mol. The molecular formula is C15H17NO3S2. The van der Waals surface area contributed by atoms with Crippen molar-refractivity contribution in [1.29, 1.82) is 0 Å². The lowest BCUT2D eigenvalue weighted by Gasteiger charge is -2.12. The van der Waals surface area contributed by atoms with Crippen molar-refractivity contribution in [3.05, 3.63) is 34.5 Å². The Kier molecular flexibility index (Phi) is 4.70. The topological polar surface area (TPSA) is 58.6 Å². The van der Waals surface area contributed by atoms with Crippen molar-refractivity contribution in [3.8, 4) is 9.75 Å². The normalized spacial score (nSPS) is 19.6. The van der Waals surface area contributed by atoms with Gasteiger partial charge in [-0.2, -0.15) is 0 Å². The van der Waals surface area contributed by atoms with E-state index in [0.29, 0.717) is 13.2 Å². The van der Waals surface area contributed by atoms with E-state index in [-0.39, 0.29) is 18.4 Å². The first kappa shape index (κ1) is 14.7. The molecule has 0 unspecified atom stereocenters. The van der Waals surface area contributed by atoms with Crippen LogP contribution in [-0.4, -0.2) is 30.8 Å². The number of hydrogen-bond acceptors (Lipinski definition) is 5. The highest BCUT2D eigenvalue weighted by Gasteiger charge is 2.24. The molecule has 0 radical (unpaired) electrons. The summed E-state index contributed by atoms with van der Waals surface area (Å²) >= 11 is 3.25. The van der Waals surface area contributed by atoms with Crippen molar-refractivity contribution in [2.24, 2.45) is 5.92 Å². The first-order valence-corrected chi connectivity index (χ1v) is 8.61. The van der Waals surface area contributed by atoms with Crippen LogP contribution in [0.5, 0.6) is 0 Å². The fourth-order valence-corrected chi connectivity index (χ4v) is 4.10. The Bertz CT molecular complexity index is 588. The van der Waals surface area contributed by atoms with E-state index in [1.165, 1.54) is 4.88 Å². The summed E-state index contributed by atoms with van der Waals surface area (Å²) in [5.41, 5.74) is 0. The van der Waals surface area contributed by atoms with E-state index in [9.17, 15) is 9.90 Å². The summed E-state index contributed by atoms with van der Waals surface area (Å²) in [6.07, 6.45) is 0.110. The highest BCUT2D eigenvalue weighted by atomic mass is 32.1. The Morgan fingerprint density at radius 1 is 1.43 bits per heavy atom. The molecule has 6 heteroatoms. The molecule has 2 aromatic rings. The molecule has 3 rings (SSSR count). The number of ether oxygens (including phenoxy) is 1. The van der Waals surface area contributed by atoms with Crippen molar-refractivity contribution in [2.75, 3.05) is 19.8 Å². The minimum atomic E-state index is -0.657. The van der Waals surface area contributed by atoms with Crippen molar-refractivity contribution in [2.45, 2.75) is 12.5 Å². The van der Waals surface area contributed by atoms with Gasteiger partial charge in [0.1, 0.15) is 6.10 Å². The molecule has 3 heterocycles. The minimum Gasteiger partial charge on any atom is -0.386 e. The molecule has 0 spiro atoms. The summed E-state index contributed by atoms with van der Waals surface area (Å²) in [5.74, 6) is -0.0937. The number of amides is 1. The van der Waals surface area contributed by atoms with Gasteiger partial charge in [0.05, 0.1) is 12.5 Å². The molecule has 2 atom stereocenters. The zero-order chi connectivity index (χ0) is 14.7. The number of thiophene rings is 2. The molecule has 1 aliphatic heterocycles. The Morgan fingerprint density at radius 3 is 3.05 bits per heavy atom. The molecule has 0 aromatic carbocycles. The van der Waals surface area contributed by atoms with Crippen molar-refractivity contribution in [3.63, 3.8) is 0 Å². The van der Waals surface area contributed by atoms with E-state index in [2.05, 4.69) is 11.4 Å². The average Bonchev–Trinajstić information content (AvgIpc) is 3.25. The number of carbonyl (C=O) groups excluding carboxylic acids is 1. The Morgan fingerprint density at radius 2 is 2.33 bits per heavy atom.